The van der Waals surface area contributed by atoms with E-state index < -0.39 is 11.4 Å². The molecule has 0 radical (unpaired) electrons. The Morgan fingerprint density at radius 2 is 1.53 bits per heavy atom. The van der Waals surface area contributed by atoms with Crippen LogP contribution >= 0.6 is 0 Å². The maximum atomic E-state index is 10.3. The Hall–Kier alpha value is -1.85. The maximum absolute atomic E-state index is 10.3. The zero-order chi connectivity index (χ0) is 12.1. The van der Waals surface area contributed by atoms with Crippen LogP contribution < -0.4 is 9.50 Å². The van der Waals surface area contributed by atoms with Gasteiger partial charge in [0.25, 0.3) is 0 Å². The Morgan fingerprint density at radius 3 is 2.12 bits per heavy atom. The summed E-state index contributed by atoms with van der Waals surface area (Å²) in [7, 11) is 0. The summed E-state index contributed by atoms with van der Waals surface area (Å²) in [5.74, 6) is 0.289. The molecule has 0 aliphatic heterocycles. The van der Waals surface area contributed by atoms with Crippen molar-refractivity contribution in [3.8, 4) is 5.75 Å². The van der Waals surface area contributed by atoms with E-state index in [4.69, 9.17) is 0 Å². The van der Waals surface area contributed by atoms with Gasteiger partial charge >= 0.3 is 0 Å². The minimum Gasteiger partial charge on any atom is -0.740 e. The van der Waals surface area contributed by atoms with Gasteiger partial charge in [-0.15, -0.1) is 0 Å². The van der Waals surface area contributed by atoms with Gasteiger partial charge in [-0.3, -0.25) is 0 Å². The second-order valence-electron chi connectivity index (χ2n) is 3.30. The van der Waals surface area contributed by atoms with Crippen molar-refractivity contribution in [1.82, 2.24) is 0 Å². The molecular formula is C12H10NO3S-. The highest BCUT2D eigenvalue weighted by Gasteiger charge is 1.96. The summed E-state index contributed by atoms with van der Waals surface area (Å²) in [5, 5.41) is 3.17. The highest BCUT2D eigenvalue weighted by Crippen LogP contribution is 2.19. The predicted octanol–water partition coefficient (Wildman–Crippen LogP) is 2.60. The molecule has 0 aliphatic rings. The first-order valence-electron chi connectivity index (χ1n) is 4.94. The Labute approximate surface area is 102 Å². The average Bonchev–Trinajstić information content (AvgIpc) is 2.32. The smallest absolute Gasteiger partial charge is 0.139 e. The molecule has 0 heterocycles. The van der Waals surface area contributed by atoms with Gasteiger partial charge in [0.1, 0.15) is 17.1 Å². The summed E-state index contributed by atoms with van der Waals surface area (Å²) >= 11 is -2.53. The lowest BCUT2D eigenvalue weighted by Crippen LogP contribution is -1.97. The van der Waals surface area contributed by atoms with Gasteiger partial charge in [-0.25, -0.2) is 4.21 Å². The molecule has 17 heavy (non-hydrogen) atoms. The van der Waals surface area contributed by atoms with Gasteiger partial charge in [0.05, 0.1) is 0 Å². The van der Waals surface area contributed by atoms with Crippen molar-refractivity contribution >= 4 is 22.7 Å². The number of anilines is 2. The van der Waals surface area contributed by atoms with Crippen LogP contribution in [0, 0.1) is 0 Å². The van der Waals surface area contributed by atoms with E-state index >= 15 is 0 Å². The van der Waals surface area contributed by atoms with Gasteiger partial charge in [-0.05, 0) is 36.4 Å². The highest BCUT2D eigenvalue weighted by atomic mass is 32.2. The molecule has 0 fully saturated rings. The normalized spacial score (nSPS) is 11.8. The summed E-state index contributed by atoms with van der Waals surface area (Å²) in [6.45, 7) is 0. The van der Waals surface area contributed by atoms with Crippen molar-refractivity contribution in [3.63, 3.8) is 0 Å². The first-order valence-corrected chi connectivity index (χ1v) is 5.94. The van der Waals surface area contributed by atoms with E-state index in [1.807, 2.05) is 30.3 Å². The van der Waals surface area contributed by atoms with Crippen LogP contribution in [0.15, 0.2) is 54.6 Å². The Kier molecular flexibility index (Phi) is 3.74. The third kappa shape index (κ3) is 3.58. The zero-order valence-electron chi connectivity index (χ0n) is 8.83. The summed E-state index contributed by atoms with van der Waals surface area (Å²) < 4.78 is 25.1. The molecule has 1 N–H and O–H groups in total. The lowest BCUT2D eigenvalue weighted by atomic mass is 10.2. The lowest BCUT2D eigenvalue weighted by molar-refractivity contribution is 0.440. The molecule has 0 amide bonds. The Balaban J connectivity index is 2.06. The molecule has 1 atom stereocenters. The van der Waals surface area contributed by atoms with Crippen LogP contribution in [-0.4, -0.2) is 8.76 Å². The van der Waals surface area contributed by atoms with E-state index in [0.717, 1.165) is 11.4 Å². The molecular weight excluding hydrogens is 238 g/mol. The SMILES string of the molecule is O=S([O-])Oc1ccc(Nc2ccccc2)cc1. The summed E-state index contributed by atoms with van der Waals surface area (Å²) in [5.41, 5.74) is 1.83. The molecule has 0 saturated heterocycles. The molecule has 1 unspecified atom stereocenters. The van der Waals surface area contributed by atoms with Gasteiger partial charge < -0.3 is 14.1 Å². The second kappa shape index (κ2) is 5.47. The van der Waals surface area contributed by atoms with Gasteiger partial charge in [0.15, 0.2) is 0 Å². The van der Waals surface area contributed by atoms with Crippen LogP contribution in [0.3, 0.4) is 0 Å². The monoisotopic (exact) mass is 248 g/mol. The van der Waals surface area contributed by atoms with Gasteiger partial charge in [0.2, 0.25) is 0 Å². The van der Waals surface area contributed by atoms with E-state index in [9.17, 15) is 8.76 Å². The van der Waals surface area contributed by atoms with Crippen molar-refractivity contribution in [2.24, 2.45) is 0 Å². The number of nitrogens with one attached hydrogen (secondary N) is 1. The third-order valence-corrected chi connectivity index (χ3v) is 2.41. The van der Waals surface area contributed by atoms with Crippen molar-refractivity contribution in [2.75, 3.05) is 5.32 Å². The van der Waals surface area contributed by atoms with Crippen LogP contribution in [0.5, 0.6) is 5.75 Å². The molecule has 2 aromatic carbocycles. The van der Waals surface area contributed by atoms with Crippen LogP contribution in [0.4, 0.5) is 11.4 Å². The van der Waals surface area contributed by atoms with E-state index in [2.05, 4.69) is 9.50 Å². The van der Waals surface area contributed by atoms with E-state index in [-0.39, 0.29) is 5.75 Å². The van der Waals surface area contributed by atoms with Gasteiger partial charge in [0, 0.05) is 11.4 Å². The van der Waals surface area contributed by atoms with Gasteiger partial charge in [-0.2, -0.15) is 0 Å². The molecule has 0 aliphatic carbocycles. The molecule has 0 saturated carbocycles. The molecule has 2 rings (SSSR count). The molecule has 0 spiro atoms. The summed E-state index contributed by atoms with van der Waals surface area (Å²) in [6.07, 6.45) is 0. The summed E-state index contributed by atoms with van der Waals surface area (Å²) in [4.78, 5) is 0. The van der Waals surface area contributed by atoms with Crippen LogP contribution in [0.25, 0.3) is 0 Å². The fourth-order valence-corrected chi connectivity index (χ4v) is 1.63. The molecule has 5 heteroatoms. The predicted molar refractivity (Wildman–Crippen MR) is 65.7 cm³/mol. The standard InChI is InChI=1S/C12H11NO3S/c14-17(15)16-12-8-6-11(7-9-12)13-10-4-2-1-3-5-10/h1-9,13H,(H,14,15)/p-1. The fourth-order valence-electron chi connectivity index (χ4n) is 1.36. The minimum atomic E-state index is -2.53. The number of rotatable bonds is 4. The molecule has 88 valence electrons. The third-order valence-electron chi connectivity index (χ3n) is 2.08. The molecule has 2 aromatic rings. The topological polar surface area (TPSA) is 61.4 Å². The van der Waals surface area contributed by atoms with Gasteiger partial charge in [-0.1, -0.05) is 18.2 Å². The number of para-hydroxylation sites is 1. The van der Waals surface area contributed by atoms with E-state index in [1.54, 1.807) is 24.3 Å². The molecule has 0 aromatic heterocycles. The first kappa shape index (κ1) is 11.6. The molecule has 0 bridgehead atoms. The van der Waals surface area contributed by atoms with Crippen molar-refractivity contribution in [3.05, 3.63) is 54.6 Å². The zero-order valence-corrected chi connectivity index (χ0v) is 9.65. The lowest BCUT2D eigenvalue weighted by Gasteiger charge is -2.09. The second-order valence-corrected chi connectivity index (χ2v) is 3.88. The minimum absolute atomic E-state index is 0.289. The van der Waals surface area contributed by atoms with Crippen molar-refractivity contribution in [1.29, 1.82) is 0 Å². The van der Waals surface area contributed by atoms with Crippen LogP contribution in [0.1, 0.15) is 0 Å². The molecule has 4 nitrogen and oxygen atoms in total. The Bertz CT molecular complexity index is 499. The van der Waals surface area contributed by atoms with Crippen LogP contribution in [0.2, 0.25) is 0 Å². The quantitative estimate of drug-likeness (QED) is 0.845. The largest absolute Gasteiger partial charge is 0.740 e. The number of hydrogen-bond acceptors (Lipinski definition) is 4. The maximum Gasteiger partial charge on any atom is 0.139 e. The van der Waals surface area contributed by atoms with Crippen molar-refractivity contribution < 1.29 is 12.9 Å². The van der Waals surface area contributed by atoms with E-state index in [0.29, 0.717) is 0 Å². The van der Waals surface area contributed by atoms with E-state index in [1.165, 1.54) is 0 Å². The average molecular weight is 248 g/mol. The fraction of sp³-hybridized carbons (Fsp3) is 0. The number of hydrogen-bond donors (Lipinski definition) is 1. The summed E-state index contributed by atoms with van der Waals surface area (Å²) in [6, 6.07) is 16.3. The highest BCUT2D eigenvalue weighted by molar-refractivity contribution is 7.74. The first-order chi connectivity index (χ1) is 8.24. The van der Waals surface area contributed by atoms with Crippen molar-refractivity contribution in [2.45, 2.75) is 0 Å². The van der Waals surface area contributed by atoms with Crippen LogP contribution in [-0.2, 0) is 11.4 Å². The Morgan fingerprint density at radius 1 is 0.941 bits per heavy atom. The number of benzene rings is 2.